The maximum atomic E-state index is 14.0. The van der Waals surface area contributed by atoms with E-state index in [2.05, 4.69) is 64.1 Å². The van der Waals surface area contributed by atoms with Crippen LogP contribution >= 0.6 is 0 Å². The average Bonchev–Trinajstić information content (AvgIpc) is 3.38. The van der Waals surface area contributed by atoms with Crippen LogP contribution in [-0.4, -0.2) is 46.0 Å². The van der Waals surface area contributed by atoms with E-state index in [-0.39, 0.29) is 46.9 Å². The van der Waals surface area contributed by atoms with Crippen molar-refractivity contribution in [1.82, 2.24) is 9.80 Å². The van der Waals surface area contributed by atoms with Crippen LogP contribution in [-0.2, 0) is 19.2 Å². The smallest absolute Gasteiger partial charge is 0.253 e. The van der Waals surface area contributed by atoms with E-state index in [1.165, 1.54) is 33.1 Å². The maximum Gasteiger partial charge on any atom is 0.253 e. The van der Waals surface area contributed by atoms with E-state index in [0.29, 0.717) is 31.7 Å². The van der Waals surface area contributed by atoms with E-state index < -0.39 is 11.3 Å². The summed E-state index contributed by atoms with van der Waals surface area (Å²) in [6, 6.07) is 20.6. The minimum atomic E-state index is -0.407. The number of likely N-dealkylation sites (tertiary alicyclic amines) is 1. The molecule has 0 aromatic heterocycles. The van der Waals surface area contributed by atoms with Crippen molar-refractivity contribution in [2.75, 3.05) is 6.54 Å². The molecule has 3 aliphatic rings. The first kappa shape index (κ1) is 29.9. The summed E-state index contributed by atoms with van der Waals surface area (Å²) in [7, 11) is 0. The number of nitrogens with zero attached hydrogens (tertiary/aromatic N) is 2. The van der Waals surface area contributed by atoms with Crippen molar-refractivity contribution in [2.45, 2.75) is 84.6 Å². The number of benzene rings is 2. The topological polar surface area (TPSA) is 74.8 Å². The van der Waals surface area contributed by atoms with Gasteiger partial charge in [0.2, 0.25) is 11.8 Å². The van der Waals surface area contributed by atoms with Crippen LogP contribution in [0.4, 0.5) is 0 Å². The first-order valence-electron chi connectivity index (χ1n) is 15.4. The Balaban J connectivity index is 1.35. The van der Waals surface area contributed by atoms with Crippen LogP contribution in [0.2, 0.25) is 0 Å². The molecule has 4 amide bonds. The van der Waals surface area contributed by atoms with Gasteiger partial charge in [-0.2, -0.15) is 0 Å². The van der Waals surface area contributed by atoms with Crippen LogP contribution in [0.5, 0.6) is 0 Å². The van der Waals surface area contributed by atoms with Crippen LogP contribution < -0.4 is 0 Å². The highest BCUT2D eigenvalue weighted by molar-refractivity contribution is 6.13. The van der Waals surface area contributed by atoms with Gasteiger partial charge in [0.1, 0.15) is 0 Å². The first-order chi connectivity index (χ1) is 19.9. The number of imide groups is 2. The highest BCUT2D eigenvalue weighted by atomic mass is 16.2. The zero-order valence-electron chi connectivity index (χ0n) is 25.6. The summed E-state index contributed by atoms with van der Waals surface area (Å²) < 4.78 is 0. The zero-order valence-corrected chi connectivity index (χ0v) is 25.6. The lowest BCUT2D eigenvalue weighted by Gasteiger charge is -2.49. The van der Waals surface area contributed by atoms with Crippen molar-refractivity contribution >= 4 is 23.6 Å². The van der Waals surface area contributed by atoms with Gasteiger partial charge in [0, 0.05) is 30.7 Å². The predicted octanol–water partition coefficient (Wildman–Crippen LogP) is 6.49. The van der Waals surface area contributed by atoms with Gasteiger partial charge < -0.3 is 0 Å². The molecule has 2 aromatic carbocycles. The Labute approximate surface area is 250 Å². The highest BCUT2D eigenvalue weighted by Crippen LogP contribution is 2.49. The SMILES string of the molecule is CC(CC(CC1C(=O)N(CC2(C)CC(N3C(=O)C=CC3=O)CC(C)(C)C2)C(=O)C1C)c1ccccc1)c1ccccc1. The molecule has 2 aromatic rings. The predicted molar refractivity (Wildman–Crippen MR) is 163 cm³/mol. The van der Waals surface area contributed by atoms with E-state index in [9.17, 15) is 19.2 Å². The van der Waals surface area contributed by atoms with E-state index in [0.717, 1.165) is 12.8 Å². The van der Waals surface area contributed by atoms with Gasteiger partial charge in [-0.15, -0.1) is 0 Å². The number of rotatable bonds is 9. The molecule has 5 rings (SSSR count). The van der Waals surface area contributed by atoms with E-state index >= 15 is 0 Å². The average molecular weight is 569 g/mol. The summed E-state index contributed by atoms with van der Waals surface area (Å²) in [5.41, 5.74) is 1.91. The molecule has 6 nitrogen and oxygen atoms in total. The Hall–Kier alpha value is -3.54. The zero-order chi connectivity index (χ0) is 30.2. The molecule has 1 saturated carbocycles. The number of carbonyl (C=O) groups excluding carboxylic acids is 4. The van der Waals surface area contributed by atoms with Crippen molar-refractivity contribution in [3.05, 3.63) is 83.9 Å². The van der Waals surface area contributed by atoms with Gasteiger partial charge in [0.15, 0.2) is 0 Å². The lowest BCUT2D eigenvalue weighted by molar-refractivity contribution is -0.148. The molecule has 6 heteroatoms. The third-order valence-electron chi connectivity index (χ3n) is 9.83. The van der Waals surface area contributed by atoms with Gasteiger partial charge in [-0.05, 0) is 65.9 Å². The van der Waals surface area contributed by atoms with E-state index in [4.69, 9.17) is 0 Å². The molecule has 2 fully saturated rings. The summed E-state index contributed by atoms with van der Waals surface area (Å²) in [5, 5.41) is 0. The molecule has 2 aliphatic heterocycles. The van der Waals surface area contributed by atoms with E-state index in [1.807, 2.05) is 31.2 Å². The second kappa shape index (κ2) is 11.6. The Morgan fingerprint density at radius 2 is 1.38 bits per heavy atom. The fourth-order valence-corrected chi connectivity index (χ4v) is 8.18. The van der Waals surface area contributed by atoms with E-state index in [1.54, 1.807) is 0 Å². The molecular formula is C36H44N2O4. The third-order valence-corrected chi connectivity index (χ3v) is 9.83. The van der Waals surface area contributed by atoms with Crippen molar-refractivity contribution in [3.8, 4) is 0 Å². The Kier molecular flexibility index (Phi) is 8.28. The number of hydrogen-bond acceptors (Lipinski definition) is 4. The molecule has 0 bridgehead atoms. The minimum absolute atomic E-state index is 0.0862. The minimum Gasteiger partial charge on any atom is -0.282 e. The van der Waals surface area contributed by atoms with Crippen LogP contribution in [0, 0.1) is 22.7 Å². The summed E-state index contributed by atoms with van der Waals surface area (Å²) in [6.07, 6.45) is 6.27. The van der Waals surface area contributed by atoms with Gasteiger partial charge in [-0.3, -0.25) is 29.0 Å². The van der Waals surface area contributed by atoms with Crippen molar-refractivity contribution < 1.29 is 19.2 Å². The largest absolute Gasteiger partial charge is 0.282 e. The fourth-order valence-electron chi connectivity index (χ4n) is 8.18. The Morgan fingerprint density at radius 1 is 0.810 bits per heavy atom. The van der Waals surface area contributed by atoms with Gasteiger partial charge in [-0.1, -0.05) is 95.3 Å². The number of amides is 4. The molecule has 0 N–H and O–H groups in total. The lowest BCUT2D eigenvalue weighted by Crippen LogP contribution is -2.52. The van der Waals surface area contributed by atoms with Crippen molar-refractivity contribution in [3.63, 3.8) is 0 Å². The van der Waals surface area contributed by atoms with Gasteiger partial charge in [-0.25, -0.2) is 0 Å². The van der Waals surface area contributed by atoms with Gasteiger partial charge in [0.05, 0.1) is 5.92 Å². The monoisotopic (exact) mass is 568 g/mol. The molecule has 0 radical (unpaired) electrons. The fraction of sp³-hybridized carbons (Fsp3) is 0.500. The number of hydrogen-bond donors (Lipinski definition) is 0. The second-order valence-corrected chi connectivity index (χ2v) is 14.1. The summed E-state index contributed by atoms with van der Waals surface area (Å²) >= 11 is 0. The van der Waals surface area contributed by atoms with Crippen LogP contribution in [0.1, 0.15) is 89.7 Å². The molecular weight excluding hydrogens is 524 g/mol. The third kappa shape index (κ3) is 6.13. The van der Waals surface area contributed by atoms with Crippen molar-refractivity contribution in [1.29, 1.82) is 0 Å². The standard InChI is InChI=1S/C36H44N2O4/c1-24(26-12-8-6-9-13-26)18-28(27-14-10-7-11-15-27)19-30-25(2)33(41)37(34(30)42)23-36(5)21-29(20-35(3,4)22-36)38-31(39)16-17-32(38)40/h6-17,24-25,28-30H,18-23H2,1-5H3. The first-order valence-corrected chi connectivity index (χ1v) is 15.4. The molecule has 6 unspecified atom stereocenters. The summed E-state index contributed by atoms with van der Waals surface area (Å²) in [4.78, 5) is 55.7. The molecule has 1 saturated heterocycles. The number of carbonyl (C=O) groups is 4. The molecule has 0 spiro atoms. The Bertz CT molecular complexity index is 1350. The van der Waals surface area contributed by atoms with Gasteiger partial charge in [0.25, 0.3) is 11.8 Å². The second-order valence-electron chi connectivity index (χ2n) is 14.1. The summed E-state index contributed by atoms with van der Waals surface area (Å²) in [6.45, 7) is 10.8. The normalized spacial score (nSPS) is 28.9. The van der Waals surface area contributed by atoms with Crippen LogP contribution in [0.25, 0.3) is 0 Å². The van der Waals surface area contributed by atoms with Gasteiger partial charge >= 0.3 is 0 Å². The molecule has 222 valence electrons. The van der Waals surface area contributed by atoms with Crippen LogP contribution in [0.15, 0.2) is 72.8 Å². The highest BCUT2D eigenvalue weighted by Gasteiger charge is 2.51. The summed E-state index contributed by atoms with van der Waals surface area (Å²) in [5.74, 6) is -1.07. The maximum absolute atomic E-state index is 14.0. The quantitative estimate of drug-likeness (QED) is 0.324. The Morgan fingerprint density at radius 3 is 1.98 bits per heavy atom. The lowest BCUT2D eigenvalue weighted by atomic mass is 9.62. The van der Waals surface area contributed by atoms with Crippen LogP contribution in [0.3, 0.4) is 0 Å². The molecule has 1 aliphatic carbocycles. The molecule has 2 heterocycles. The van der Waals surface area contributed by atoms with Crippen molar-refractivity contribution in [2.24, 2.45) is 22.7 Å². The molecule has 42 heavy (non-hydrogen) atoms. The molecule has 6 atom stereocenters.